The highest BCUT2D eigenvalue weighted by atomic mass is 31.2. The summed E-state index contributed by atoms with van der Waals surface area (Å²) in [6.07, 6.45) is 9.34. The number of aliphatic hydroxyl groups excluding tert-OH is 4. The number of phosphoric acid groups is 2. The summed E-state index contributed by atoms with van der Waals surface area (Å²) in [6, 6.07) is 0. The number of carbonyl (C=O) groups excluding carboxylic acids is 3. The van der Waals surface area contributed by atoms with Crippen LogP contribution in [-0.4, -0.2) is 109 Å². The molecule has 59 heavy (non-hydrogen) atoms. The molecular weight excluding hydrogens is 814 g/mol. The first-order chi connectivity index (χ1) is 28.0. The van der Waals surface area contributed by atoms with E-state index in [9.17, 15) is 48.8 Å². The first-order valence-corrected chi connectivity index (χ1v) is 25.0. The SMILES string of the molecule is CCCCCCCCCCCCCCCC(=O)O[C@H](COC(=O)CCCCCCCCCCC(=O)CCC)COP(=O)(O)OC1C(O)[C@@H](O)C(OP(=O)(O)O)[C@@H](O)[C@H]1O. The number of Topliss-reactive ketones (excluding diaryl/α,β-unsaturated/α-hetero) is 1. The summed E-state index contributed by atoms with van der Waals surface area (Å²) in [4.78, 5) is 65.4. The van der Waals surface area contributed by atoms with Crippen LogP contribution in [0.15, 0.2) is 0 Å². The number of unbranched alkanes of at least 4 members (excludes halogenated alkanes) is 19. The summed E-state index contributed by atoms with van der Waals surface area (Å²) < 4.78 is 48.9. The van der Waals surface area contributed by atoms with E-state index < -0.39 is 83.5 Å². The topological polar surface area (TPSA) is 273 Å². The van der Waals surface area contributed by atoms with E-state index in [1.807, 2.05) is 6.92 Å². The van der Waals surface area contributed by atoms with Crippen LogP contribution < -0.4 is 0 Å². The van der Waals surface area contributed by atoms with Gasteiger partial charge in [0.1, 0.15) is 49.0 Å². The molecule has 1 saturated carbocycles. The van der Waals surface area contributed by atoms with Crippen molar-refractivity contribution < 1.29 is 81.7 Å². The number of ketones is 1. The molecule has 0 spiro atoms. The molecule has 0 amide bonds. The summed E-state index contributed by atoms with van der Waals surface area (Å²) in [5.41, 5.74) is 0. The van der Waals surface area contributed by atoms with Crippen molar-refractivity contribution in [2.45, 2.75) is 224 Å². The summed E-state index contributed by atoms with van der Waals surface area (Å²) >= 11 is 0. The second-order valence-electron chi connectivity index (χ2n) is 15.8. The lowest BCUT2D eigenvalue weighted by Crippen LogP contribution is -2.64. The van der Waals surface area contributed by atoms with Crippen molar-refractivity contribution in [3.05, 3.63) is 0 Å². The van der Waals surface area contributed by atoms with Crippen molar-refractivity contribution in [3.63, 3.8) is 0 Å². The Bertz CT molecular complexity index is 1220. The highest BCUT2D eigenvalue weighted by Crippen LogP contribution is 2.48. The summed E-state index contributed by atoms with van der Waals surface area (Å²) in [5.74, 6) is -0.912. The van der Waals surface area contributed by atoms with Crippen LogP contribution in [0, 0.1) is 0 Å². The number of aliphatic hydroxyl groups is 4. The molecule has 8 atom stereocenters. The summed E-state index contributed by atoms with van der Waals surface area (Å²) in [5, 5.41) is 41.3. The molecule has 7 N–H and O–H groups in total. The third-order valence-electron chi connectivity index (χ3n) is 10.3. The molecule has 0 radical (unpaired) electrons. The van der Waals surface area contributed by atoms with E-state index in [0.717, 1.165) is 77.0 Å². The number of hydrogen-bond acceptors (Lipinski definition) is 14. The highest BCUT2D eigenvalue weighted by molar-refractivity contribution is 7.47. The quantitative estimate of drug-likeness (QED) is 0.0196. The zero-order valence-electron chi connectivity index (χ0n) is 35.4. The molecule has 1 aliphatic rings. The van der Waals surface area contributed by atoms with E-state index >= 15 is 0 Å². The van der Waals surface area contributed by atoms with Crippen molar-refractivity contribution in [1.29, 1.82) is 0 Å². The van der Waals surface area contributed by atoms with E-state index in [1.165, 1.54) is 51.4 Å². The minimum atomic E-state index is -5.31. The van der Waals surface area contributed by atoms with Crippen LogP contribution in [0.5, 0.6) is 0 Å². The minimum absolute atomic E-state index is 0.0422. The normalized spacial score (nSPS) is 22.5. The Hall–Kier alpha value is -1.33. The fourth-order valence-corrected chi connectivity index (χ4v) is 8.45. The lowest BCUT2D eigenvalue weighted by Gasteiger charge is -2.43. The molecule has 0 heterocycles. The van der Waals surface area contributed by atoms with Crippen LogP contribution in [0.3, 0.4) is 0 Å². The molecule has 17 nitrogen and oxygen atoms in total. The van der Waals surface area contributed by atoms with Crippen LogP contribution in [0.1, 0.15) is 181 Å². The fraction of sp³-hybridized carbons (Fsp3) is 0.925. The summed E-state index contributed by atoms with van der Waals surface area (Å²) in [6.45, 7) is 2.86. The molecule has 19 heteroatoms. The van der Waals surface area contributed by atoms with Crippen molar-refractivity contribution >= 4 is 33.4 Å². The largest absolute Gasteiger partial charge is 0.472 e. The van der Waals surface area contributed by atoms with Gasteiger partial charge in [-0.25, -0.2) is 9.13 Å². The van der Waals surface area contributed by atoms with Crippen molar-refractivity contribution in [3.8, 4) is 0 Å². The molecule has 0 aliphatic heterocycles. The molecule has 0 aromatic heterocycles. The molecule has 1 fully saturated rings. The number of phosphoric ester groups is 2. The van der Waals surface area contributed by atoms with Crippen LogP contribution in [0.2, 0.25) is 0 Å². The maximum atomic E-state index is 12.9. The Morgan fingerprint density at radius 1 is 0.492 bits per heavy atom. The Morgan fingerprint density at radius 3 is 1.31 bits per heavy atom. The first-order valence-electron chi connectivity index (χ1n) is 22.0. The predicted octanol–water partition coefficient (Wildman–Crippen LogP) is 6.63. The van der Waals surface area contributed by atoms with Crippen molar-refractivity contribution in [2.75, 3.05) is 13.2 Å². The molecule has 0 aromatic rings. The second-order valence-corrected chi connectivity index (χ2v) is 18.4. The Kier molecular flexibility index (Phi) is 30.5. The van der Waals surface area contributed by atoms with Crippen LogP contribution in [0.4, 0.5) is 0 Å². The van der Waals surface area contributed by atoms with Gasteiger partial charge in [-0.3, -0.25) is 28.0 Å². The Balaban J connectivity index is 2.61. The van der Waals surface area contributed by atoms with Crippen molar-refractivity contribution in [1.82, 2.24) is 0 Å². The van der Waals surface area contributed by atoms with Gasteiger partial charge in [-0.2, -0.15) is 0 Å². The number of hydrogen-bond donors (Lipinski definition) is 7. The van der Waals surface area contributed by atoms with Crippen LogP contribution in [0.25, 0.3) is 0 Å². The zero-order chi connectivity index (χ0) is 44.1. The summed E-state index contributed by atoms with van der Waals surface area (Å²) in [7, 11) is -10.6. The van der Waals surface area contributed by atoms with Crippen LogP contribution in [-0.2, 0) is 46.6 Å². The van der Waals surface area contributed by atoms with Gasteiger partial charge in [-0.15, -0.1) is 0 Å². The van der Waals surface area contributed by atoms with E-state index in [4.69, 9.17) is 28.3 Å². The minimum Gasteiger partial charge on any atom is -0.462 e. The Labute approximate surface area is 351 Å². The number of ether oxygens (including phenoxy) is 2. The Morgan fingerprint density at radius 2 is 0.881 bits per heavy atom. The molecule has 1 aliphatic carbocycles. The lowest BCUT2D eigenvalue weighted by atomic mass is 9.85. The fourth-order valence-electron chi connectivity index (χ4n) is 6.91. The van der Waals surface area contributed by atoms with Gasteiger partial charge >= 0.3 is 27.6 Å². The van der Waals surface area contributed by atoms with Crippen LogP contribution >= 0.6 is 15.6 Å². The third-order valence-corrected chi connectivity index (χ3v) is 11.8. The van der Waals surface area contributed by atoms with E-state index in [1.54, 1.807) is 0 Å². The number of carbonyl (C=O) groups is 3. The monoisotopic (exact) mass is 890 g/mol. The van der Waals surface area contributed by atoms with E-state index in [2.05, 4.69) is 11.4 Å². The van der Waals surface area contributed by atoms with Gasteiger partial charge in [0.05, 0.1) is 6.61 Å². The van der Waals surface area contributed by atoms with Gasteiger partial charge in [0.15, 0.2) is 6.10 Å². The maximum absolute atomic E-state index is 12.9. The molecule has 1 rings (SSSR count). The molecule has 348 valence electrons. The lowest BCUT2D eigenvalue weighted by molar-refractivity contribution is -0.216. The standard InChI is InChI=1S/C40H76O17P2/c1-3-5-6-7-8-9-10-11-12-13-18-21-24-28-34(43)55-32(29-53-33(42)27-23-20-17-15-14-16-19-22-26-31(41)25-4-2)30-54-59(51,52)57-40-37(46)35(44)39(36(45)38(40)47)56-58(48,49)50/h32,35-40,44-47H,3-30H2,1-2H3,(H,51,52)(H2,48,49,50)/t32-,35-,36+,37?,38-,39?,40?/m1/s1. The number of esters is 2. The van der Waals surface area contributed by atoms with E-state index in [0.29, 0.717) is 31.5 Å². The number of rotatable bonds is 37. The van der Waals surface area contributed by atoms with Gasteiger partial charge in [0.2, 0.25) is 0 Å². The predicted molar refractivity (Wildman–Crippen MR) is 219 cm³/mol. The molecular formula is C40H76O17P2. The smallest absolute Gasteiger partial charge is 0.462 e. The zero-order valence-corrected chi connectivity index (χ0v) is 37.2. The van der Waals surface area contributed by atoms with Gasteiger partial charge < -0.3 is 44.6 Å². The molecule has 0 saturated heterocycles. The van der Waals surface area contributed by atoms with Crippen molar-refractivity contribution in [2.24, 2.45) is 0 Å². The third kappa shape index (κ3) is 27.4. The van der Waals surface area contributed by atoms with Gasteiger partial charge in [-0.05, 0) is 25.7 Å². The highest BCUT2D eigenvalue weighted by Gasteiger charge is 2.54. The van der Waals surface area contributed by atoms with Gasteiger partial charge in [0.25, 0.3) is 0 Å². The average Bonchev–Trinajstić information content (AvgIpc) is 3.17. The second kappa shape index (κ2) is 32.4. The van der Waals surface area contributed by atoms with E-state index in [-0.39, 0.29) is 12.8 Å². The van der Waals surface area contributed by atoms with Gasteiger partial charge in [-0.1, -0.05) is 129 Å². The molecule has 0 aromatic carbocycles. The average molecular weight is 891 g/mol. The first kappa shape index (κ1) is 55.7. The van der Waals surface area contributed by atoms with Gasteiger partial charge in [0, 0.05) is 25.7 Å². The molecule has 4 unspecified atom stereocenters. The maximum Gasteiger partial charge on any atom is 0.472 e. The molecule has 0 bridgehead atoms.